The average Bonchev–Trinajstić information content (AvgIpc) is 2.30. The number of halogens is 2. The van der Waals surface area contributed by atoms with Crippen LogP contribution >= 0.6 is 24.0 Å². The van der Waals surface area contributed by atoms with E-state index in [0.717, 1.165) is 26.2 Å². The van der Waals surface area contributed by atoms with Gasteiger partial charge in [0.2, 0.25) is 0 Å². The third-order valence-electron chi connectivity index (χ3n) is 2.84. The van der Waals surface area contributed by atoms with E-state index in [2.05, 4.69) is 10.2 Å². The summed E-state index contributed by atoms with van der Waals surface area (Å²) in [5, 5.41) is 14.7. The fourth-order valence-electron chi connectivity index (χ4n) is 1.97. The second-order valence-corrected chi connectivity index (χ2v) is 4.49. The van der Waals surface area contributed by atoms with Crippen molar-refractivity contribution in [1.82, 2.24) is 10.2 Å². The number of nitro benzene ring substituents is 1. The Morgan fingerprint density at radius 2 is 2.06 bits per heavy atom. The van der Waals surface area contributed by atoms with Crippen LogP contribution in [-0.2, 0) is 6.54 Å². The van der Waals surface area contributed by atoms with Crippen molar-refractivity contribution in [2.24, 2.45) is 0 Å². The smallest absolute Gasteiger partial charge is 0.273 e. The largest absolute Gasteiger partial charge is 0.314 e. The van der Waals surface area contributed by atoms with Crippen molar-refractivity contribution < 1.29 is 4.92 Å². The van der Waals surface area contributed by atoms with Crippen LogP contribution in [0.4, 0.5) is 5.69 Å². The summed E-state index contributed by atoms with van der Waals surface area (Å²) in [6.07, 6.45) is 0. The van der Waals surface area contributed by atoms with E-state index >= 15 is 0 Å². The molecule has 1 saturated heterocycles. The van der Waals surface area contributed by atoms with Crippen LogP contribution in [0.25, 0.3) is 0 Å². The van der Waals surface area contributed by atoms with Crippen LogP contribution in [0.1, 0.15) is 5.56 Å². The van der Waals surface area contributed by atoms with Crippen LogP contribution in [0.2, 0.25) is 5.02 Å². The lowest BCUT2D eigenvalue weighted by atomic mass is 10.1. The number of hydrogen-bond donors (Lipinski definition) is 1. The van der Waals surface area contributed by atoms with Crippen molar-refractivity contribution in [2.45, 2.75) is 6.54 Å². The Balaban J connectivity index is 0.00000162. The van der Waals surface area contributed by atoms with Gasteiger partial charge in [0.05, 0.1) is 4.92 Å². The van der Waals surface area contributed by atoms with E-state index in [1.807, 2.05) is 0 Å². The molecule has 0 radical (unpaired) electrons. The van der Waals surface area contributed by atoms with E-state index in [0.29, 0.717) is 17.1 Å². The summed E-state index contributed by atoms with van der Waals surface area (Å²) < 4.78 is 0. The summed E-state index contributed by atoms with van der Waals surface area (Å²) in [7, 11) is 0. The minimum absolute atomic E-state index is 0. The highest BCUT2D eigenvalue weighted by molar-refractivity contribution is 6.30. The molecule has 0 spiro atoms. The lowest BCUT2D eigenvalue weighted by Crippen LogP contribution is -2.42. The van der Waals surface area contributed by atoms with Crippen molar-refractivity contribution in [2.75, 3.05) is 26.2 Å². The molecular weight excluding hydrogens is 277 g/mol. The minimum atomic E-state index is -0.353. The number of nitrogens with one attached hydrogen (secondary N) is 1. The van der Waals surface area contributed by atoms with Gasteiger partial charge in [-0.1, -0.05) is 11.6 Å². The zero-order chi connectivity index (χ0) is 12.3. The van der Waals surface area contributed by atoms with Gasteiger partial charge in [0.1, 0.15) is 0 Å². The van der Waals surface area contributed by atoms with Crippen LogP contribution in [0.5, 0.6) is 0 Å². The summed E-state index contributed by atoms with van der Waals surface area (Å²) in [5.41, 5.74) is 0.831. The molecular formula is C11H15Cl2N3O2. The van der Waals surface area contributed by atoms with Crippen molar-refractivity contribution >= 4 is 29.7 Å². The van der Waals surface area contributed by atoms with Crippen molar-refractivity contribution in [3.63, 3.8) is 0 Å². The van der Waals surface area contributed by atoms with Gasteiger partial charge < -0.3 is 5.32 Å². The molecule has 1 aromatic carbocycles. The van der Waals surface area contributed by atoms with E-state index in [4.69, 9.17) is 11.6 Å². The normalized spacial score (nSPS) is 16.1. The molecule has 100 valence electrons. The number of rotatable bonds is 3. The SMILES string of the molecule is Cl.O=[N+]([O-])c1ccc(Cl)cc1CN1CCNCC1. The van der Waals surface area contributed by atoms with Gasteiger partial charge in [0, 0.05) is 49.4 Å². The first-order valence-corrected chi connectivity index (χ1v) is 5.90. The first kappa shape index (κ1) is 15.2. The molecule has 0 saturated carbocycles. The molecule has 0 amide bonds. The summed E-state index contributed by atoms with van der Waals surface area (Å²) in [6.45, 7) is 4.24. The van der Waals surface area contributed by atoms with E-state index in [1.54, 1.807) is 12.1 Å². The Kier molecular flexibility index (Phi) is 5.81. The van der Waals surface area contributed by atoms with Crippen LogP contribution in [0.15, 0.2) is 18.2 Å². The highest BCUT2D eigenvalue weighted by Crippen LogP contribution is 2.24. The lowest BCUT2D eigenvalue weighted by molar-refractivity contribution is -0.385. The van der Waals surface area contributed by atoms with E-state index in [1.165, 1.54) is 6.07 Å². The predicted molar refractivity (Wildman–Crippen MR) is 73.5 cm³/mol. The number of nitro groups is 1. The number of hydrogen-bond acceptors (Lipinski definition) is 4. The van der Waals surface area contributed by atoms with Crippen LogP contribution in [0.3, 0.4) is 0 Å². The molecule has 0 aromatic heterocycles. The fourth-order valence-corrected chi connectivity index (χ4v) is 2.16. The second kappa shape index (κ2) is 6.89. The van der Waals surface area contributed by atoms with Gasteiger partial charge in [-0.25, -0.2) is 0 Å². The molecule has 7 heteroatoms. The number of nitrogens with zero attached hydrogens (tertiary/aromatic N) is 2. The molecule has 1 N–H and O–H groups in total. The van der Waals surface area contributed by atoms with E-state index in [-0.39, 0.29) is 23.0 Å². The first-order chi connectivity index (χ1) is 8.16. The molecule has 1 aromatic rings. The van der Waals surface area contributed by atoms with Gasteiger partial charge in [-0.2, -0.15) is 0 Å². The van der Waals surface area contributed by atoms with Gasteiger partial charge in [-0.15, -0.1) is 12.4 Å². The third-order valence-corrected chi connectivity index (χ3v) is 3.08. The van der Waals surface area contributed by atoms with Gasteiger partial charge in [0.15, 0.2) is 0 Å². The van der Waals surface area contributed by atoms with Crippen LogP contribution < -0.4 is 5.32 Å². The van der Waals surface area contributed by atoms with E-state index in [9.17, 15) is 10.1 Å². The highest BCUT2D eigenvalue weighted by atomic mass is 35.5. The van der Waals surface area contributed by atoms with E-state index < -0.39 is 0 Å². The van der Waals surface area contributed by atoms with Crippen LogP contribution in [0, 0.1) is 10.1 Å². The monoisotopic (exact) mass is 291 g/mol. The molecule has 2 rings (SSSR count). The molecule has 0 bridgehead atoms. The Hall–Kier alpha value is -0.880. The maximum absolute atomic E-state index is 10.9. The van der Waals surface area contributed by atoms with Crippen molar-refractivity contribution in [3.8, 4) is 0 Å². The highest BCUT2D eigenvalue weighted by Gasteiger charge is 2.18. The summed E-state index contributed by atoms with van der Waals surface area (Å²) in [5.74, 6) is 0. The Labute approximate surface area is 117 Å². The maximum Gasteiger partial charge on any atom is 0.273 e. The Morgan fingerprint density at radius 3 is 2.67 bits per heavy atom. The minimum Gasteiger partial charge on any atom is -0.314 e. The Morgan fingerprint density at radius 1 is 1.39 bits per heavy atom. The fraction of sp³-hybridized carbons (Fsp3) is 0.455. The zero-order valence-electron chi connectivity index (χ0n) is 9.76. The average molecular weight is 292 g/mol. The molecule has 1 aliphatic rings. The molecule has 1 heterocycles. The first-order valence-electron chi connectivity index (χ1n) is 5.53. The predicted octanol–water partition coefficient (Wildman–Crippen LogP) is 2.08. The van der Waals surface area contributed by atoms with Gasteiger partial charge in [0.25, 0.3) is 5.69 Å². The molecule has 1 aliphatic heterocycles. The topological polar surface area (TPSA) is 58.4 Å². The molecule has 0 unspecified atom stereocenters. The summed E-state index contributed by atoms with van der Waals surface area (Å²) in [6, 6.07) is 4.71. The molecule has 1 fully saturated rings. The van der Waals surface area contributed by atoms with Crippen molar-refractivity contribution in [3.05, 3.63) is 38.9 Å². The van der Waals surface area contributed by atoms with Crippen LogP contribution in [-0.4, -0.2) is 36.0 Å². The third kappa shape index (κ3) is 3.81. The lowest BCUT2D eigenvalue weighted by Gasteiger charge is -2.27. The maximum atomic E-state index is 10.9. The van der Waals surface area contributed by atoms with Gasteiger partial charge in [-0.05, 0) is 12.1 Å². The quantitative estimate of drug-likeness (QED) is 0.684. The molecule has 5 nitrogen and oxygen atoms in total. The molecule has 0 atom stereocenters. The van der Waals surface area contributed by atoms with Gasteiger partial charge in [-0.3, -0.25) is 15.0 Å². The number of piperazine rings is 1. The summed E-state index contributed by atoms with van der Waals surface area (Å²) in [4.78, 5) is 12.7. The molecule has 0 aliphatic carbocycles. The van der Waals surface area contributed by atoms with Crippen molar-refractivity contribution in [1.29, 1.82) is 0 Å². The second-order valence-electron chi connectivity index (χ2n) is 4.06. The Bertz CT molecular complexity index is 423. The van der Waals surface area contributed by atoms with Gasteiger partial charge >= 0.3 is 0 Å². The zero-order valence-corrected chi connectivity index (χ0v) is 11.3. The molecule has 18 heavy (non-hydrogen) atoms. The number of benzene rings is 1. The summed E-state index contributed by atoms with van der Waals surface area (Å²) >= 11 is 5.89. The standard InChI is InChI=1S/C11H14ClN3O2.ClH/c12-10-1-2-11(15(16)17)9(7-10)8-14-5-3-13-4-6-14;/h1-2,7,13H,3-6,8H2;1H.